The van der Waals surface area contributed by atoms with E-state index in [0.29, 0.717) is 24.0 Å². The van der Waals surface area contributed by atoms with Gasteiger partial charge in [-0.15, -0.1) is 0 Å². The Morgan fingerprint density at radius 2 is 1.93 bits per heavy atom. The Balaban J connectivity index is 1.92. The molecule has 0 aliphatic carbocycles. The van der Waals surface area contributed by atoms with E-state index < -0.39 is 26.9 Å². The van der Waals surface area contributed by atoms with Crippen LogP contribution in [0.15, 0.2) is 35.5 Å². The summed E-state index contributed by atoms with van der Waals surface area (Å²) in [5.74, 6) is -0.595. The van der Waals surface area contributed by atoms with Gasteiger partial charge < -0.3 is 5.32 Å². The number of hydrogen-bond acceptors (Lipinski definition) is 6. The van der Waals surface area contributed by atoms with Crippen LogP contribution in [-0.4, -0.2) is 41.1 Å². The largest absolute Gasteiger partial charge is 0.319 e. The van der Waals surface area contributed by atoms with E-state index in [4.69, 9.17) is 0 Å². The topological polar surface area (TPSA) is 123 Å². The number of aromatic nitrogens is 1. The van der Waals surface area contributed by atoms with Crippen molar-refractivity contribution in [1.29, 1.82) is 0 Å². The zero-order valence-corrected chi connectivity index (χ0v) is 17.2. The molecule has 0 radical (unpaired) electrons. The van der Waals surface area contributed by atoms with Gasteiger partial charge in [0.05, 0.1) is 9.82 Å². The molecule has 1 unspecified atom stereocenters. The van der Waals surface area contributed by atoms with Gasteiger partial charge in [-0.2, -0.15) is 4.31 Å². The Labute approximate surface area is 169 Å². The van der Waals surface area contributed by atoms with Gasteiger partial charge in [0, 0.05) is 12.7 Å². The molecule has 1 aliphatic rings. The highest BCUT2D eigenvalue weighted by Gasteiger charge is 2.41. The summed E-state index contributed by atoms with van der Waals surface area (Å²) >= 11 is 0. The SMILES string of the molecule is Cc1cc(C)c(S(=O)(=O)N2CCCC2C(=O)Nc2ccncc2[N+](=O)[O-])c(C)c1. The van der Waals surface area contributed by atoms with Crippen molar-refractivity contribution in [3.8, 4) is 0 Å². The number of hydrogen-bond donors (Lipinski definition) is 1. The molecule has 1 aromatic carbocycles. The van der Waals surface area contributed by atoms with Crippen LogP contribution in [-0.2, 0) is 14.8 Å². The summed E-state index contributed by atoms with van der Waals surface area (Å²) in [4.78, 5) is 27.2. The summed E-state index contributed by atoms with van der Waals surface area (Å²) in [7, 11) is -3.90. The van der Waals surface area contributed by atoms with E-state index in [0.717, 1.165) is 11.8 Å². The number of pyridine rings is 1. The normalized spacial score (nSPS) is 17.3. The van der Waals surface area contributed by atoms with Gasteiger partial charge in [0.2, 0.25) is 15.9 Å². The Morgan fingerprint density at radius 3 is 2.55 bits per heavy atom. The molecule has 1 saturated heterocycles. The molecule has 1 amide bonds. The number of sulfonamides is 1. The molecule has 1 N–H and O–H groups in total. The van der Waals surface area contributed by atoms with Crippen molar-refractivity contribution < 1.29 is 18.1 Å². The van der Waals surface area contributed by atoms with E-state index in [1.807, 2.05) is 6.92 Å². The molecule has 9 nitrogen and oxygen atoms in total. The van der Waals surface area contributed by atoms with Crippen LogP contribution in [0.1, 0.15) is 29.5 Å². The fourth-order valence-corrected chi connectivity index (χ4v) is 5.91. The number of nitrogens with one attached hydrogen (secondary N) is 1. The average molecular weight is 418 g/mol. The summed E-state index contributed by atoms with van der Waals surface area (Å²) < 4.78 is 27.9. The third-order valence-corrected chi connectivity index (χ3v) is 7.15. The van der Waals surface area contributed by atoms with Crippen molar-refractivity contribution in [2.24, 2.45) is 0 Å². The Hall–Kier alpha value is -2.85. The lowest BCUT2D eigenvalue weighted by atomic mass is 10.1. The van der Waals surface area contributed by atoms with E-state index in [1.54, 1.807) is 26.0 Å². The minimum Gasteiger partial charge on any atom is -0.319 e. The molecule has 0 spiro atoms. The number of nitrogens with zero attached hydrogens (tertiary/aromatic N) is 3. The third kappa shape index (κ3) is 3.99. The molecule has 154 valence electrons. The van der Waals surface area contributed by atoms with E-state index in [9.17, 15) is 23.3 Å². The van der Waals surface area contributed by atoms with Crippen LogP contribution < -0.4 is 5.32 Å². The highest BCUT2D eigenvalue weighted by Crippen LogP contribution is 2.32. The molecule has 10 heteroatoms. The Bertz CT molecular complexity index is 1060. The van der Waals surface area contributed by atoms with Gasteiger partial charge in [-0.25, -0.2) is 8.42 Å². The van der Waals surface area contributed by atoms with Crippen LogP contribution in [0.4, 0.5) is 11.4 Å². The Morgan fingerprint density at radius 1 is 1.28 bits per heavy atom. The average Bonchev–Trinajstić information content (AvgIpc) is 3.11. The lowest BCUT2D eigenvalue weighted by Gasteiger charge is -2.25. The molecule has 1 aromatic heterocycles. The van der Waals surface area contributed by atoms with Gasteiger partial charge in [-0.1, -0.05) is 17.7 Å². The fourth-order valence-electron chi connectivity index (χ4n) is 3.83. The predicted molar refractivity (Wildman–Crippen MR) is 107 cm³/mol. The zero-order valence-electron chi connectivity index (χ0n) is 16.4. The van der Waals surface area contributed by atoms with Gasteiger partial charge in [-0.05, 0) is 50.8 Å². The van der Waals surface area contributed by atoms with Gasteiger partial charge >= 0.3 is 5.69 Å². The van der Waals surface area contributed by atoms with Gasteiger partial charge in [0.1, 0.15) is 17.9 Å². The van der Waals surface area contributed by atoms with E-state index in [1.165, 1.54) is 16.6 Å². The zero-order chi connectivity index (χ0) is 21.3. The first-order valence-electron chi connectivity index (χ1n) is 9.12. The van der Waals surface area contributed by atoms with Gasteiger partial charge in [0.15, 0.2) is 0 Å². The number of amides is 1. The molecule has 1 atom stereocenters. The monoisotopic (exact) mass is 418 g/mol. The number of rotatable bonds is 5. The number of benzene rings is 1. The number of carbonyl (C=O) groups is 1. The first kappa shape index (κ1) is 20.9. The van der Waals surface area contributed by atoms with Crippen molar-refractivity contribution in [3.63, 3.8) is 0 Å². The molecule has 2 heterocycles. The first-order valence-corrected chi connectivity index (χ1v) is 10.6. The smallest absolute Gasteiger partial charge is 0.310 e. The second-order valence-electron chi connectivity index (χ2n) is 7.14. The number of anilines is 1. The maximum Gasteiger partial charge on any atom is 0.310 e. The minimum atomic E-state index is -3.90. The van der Waals surface area contributed by atoms with Crippen molar-refractivity contribution in [1.82, 2.24) is 9.29 Å². The number of nitro groups is 1. The maximum atomic E-state index is 13.4. The van der Waals surface area contributed by atoms with Crippen LogP contribution in [0.5, 0.6) is 0 Å². The number of carbonyl (C=O) groups excluding carboxylic acids is 1. The van der Waals surface area contributed by atoms with Crippen molar-refractivity contribution >= 4 is 27.3 Å². The Kier molecular flexibility index (Phi) is 5.67. The highest BCUT2D eigenvalue weighted by molar-refractivity contribution is 7.89. The molecule has 2 aromatic rings. The molecule has 0 saturated carbocycles. The van der Waals surface area contributed by atoms with Gasteiger partial charge in [0.25, 0.3) is 0 Å². The standard InChI is InChI=1S/C19H22N4O5S/c1-12-9-13(2)18(14(3)10-12)29(27,28)22-8-4-5-16(22)19(24)21-15-6-7-20-11-17(15)23(25)26/h6-7,9-11,16H,4-5,8H2,1-3H3,(H,20,21,24). The summed E-state index contributed by atoms with van der Waals surface area (Å²) in [5.41, 5.74) is 1.84. The molecular weight excluding hydrogens is 396 g/mol. The quantitative estimate of drug-likeness (QED) is 0.588. The van der Waals surface area contributed by atoms with Crippen molar-refractivity contribution in [2.75, 3.05) is 11.9 Å². The first-order chi connectivity index (χ1) is 13.6. The lowest BCUT2D eigenvalue weighted by Crippen LogP contribution is -2.43. The molecular formula is C19H22N4O5S. The molecule has 1 aliphatic heterocycles. The predicted octanol–water partition coefficient (Wildman–Crippen LogP) is 2.71. The second kappa shape index (κ2) is 7.88. The van der Waals surface area contributed by atoms with Crippen LogP contribution >= 0.6 is 0 Å². The summed E-state index contributed by atoms with van der Waals surface area (Å²) in [6, 6.07) is 3.97. The third-order valence-electron chi connectivity index (χ3n) is 4.93. The second-order valence-corrected chi connectivity index (χ2v) is 8.97. The molecule has 3 rings (SSSR count). The maximum absolute atomic E-state index is 13.4. The summed E-state index contributed by atoms with van der Waals surface area (Å²) in [5, 5.41) is 13.6. The van der Waals surface area contributed by atoms with Crippen molar-refractivity contribution in [2.45, 2.75) is 44.6 Å². The fraction of sp³-hybridized carbons (Fsp3) is 0.368. The highest BCUT2D eigenvalue weighted by atomic mass is 32.2. The number of aryl methyl sites for hydroxylation is 3. The van der Waals surface area contributed by atoms with Crippen LogP contribution in [0.25, 0.3) is 0 Å². The van der Waals surface area contributed by atoms with Gasteiger partial charge in [-0.3, -0.25) is 19.9 Å². The van der Waals surface area contributed by atoms with Crippen LogP contribution in [0.2, 0.25) is 0 Å². The van der Waals surface area contributed by atoms with E-state index >= 15 is 0 Å². The van der Waals surface area contributed by atoms with Crippen LogP contribution in [0, 0.1) is 30.9 Å². The molecule has 0 bridgehead atoms. The summed E-state index contributed by atoms with van der Waals surface area (Å²) in [6.07, 6.45) is 3.23. The van der Waals surface area contributed by atoms with Crippen LogP contribution in [0.3, 0.4) is 0 Å². The summed E-state index contributed by atoms with van der Waals surface area (Å²) in [6.45, 7) is 5.58. The molecule has 1 fully saturated rings. The lowest BCUT2D eigenvalue weighted by molar-refractivity contribution is -0.384. The van der Waals surface area contributed by atoms with E-state index in [-0.39, 0.29) is 22.8 Å². The minimum absolute atomic E-state index is 0.0121. The molecule has 29 heavy (non-hydrogen) atoms. The van der Waals surface area contributed by atoms with E-state index in [2.05, 4.69) is 10.3 Å². The van der Waals surface area contributed by atoms with Crippen molar-refractivity contribution in [3.05, 3.63) is 57.4 Å².